The molecular weight excluding hydrogens is 264 g/mol. The van der Waals surface area contributed by atoms with Crippen LogP contribution in [0.15, 0.2) is 30.3 Å². The average molecular weight is 277 g/mol. The van der Waals surface area contributed by atoms with Gasteiger partial charge in [0.25, 0.3) is 0 Å². The molecule has 0 radical (unpaired) electrons. The van der Waals surface area contributed by atoms with Crippen LogP contribution in [0.2, 0.25) is 5.02 Å². The van der Waals surface area contributed by atoms with Crippen LogP contribution in [-0.2, 0) is 11.2 Å². The molecule has 0 saturated carbocycles. The fourth-order valence-electron chi connectivity index (χ4n) is 2.12. The van der Waals surface area contributed by atoms with Crippen LogP contribution in [0.1, 0.15) is 18.1 Å². The molecular formula is C15H13ClO3. The number of benzene rings is 2. The van der Waals surface area contributed by atoms with E-state index in [0.29, 0.717) is 10.9 Å². The molecule has 2 aromatic carbocycles. The third-order valence-electron chi connectivity index (χ3n) is 2.99. The lowest BCUT2D eigenvalue weighted by Gasteiger charge is -2.10. The summed E-state index contributed by atoms with van der Waals surface area (Å²) in [6.45, 7) is 1.99. The predicted molar refractivity (Wildman–Crippen MR) is 76.7 cm³/mol. The molecule has 19 heavy (non-hydrogen) atoms. The molecule has 0 bridgehead atoms. The largest absolute Gasteiger partial charge is 0.506 e. The van der Waals surface area contributed by atoms with Gasteiger partial charge in [-0.05, 0) is 35.1 Å². The summed E-state index contributed by atoms with van der Waals surface area (Å²) in [6, 6.07) is 7.21. The molecule has 0 aliphatic heterocycles. The van der Waals surface area contributed by atoms with Crippen molar-refractivity contribution in [1.29, 1.82) is 0 Å². The number of carboxylic acid groups (broad SMARTS) is 1. The van der Waals surface area contributed by atoms with Crippen molar-refractivity contribution < 1.29 is 15.0 Å². The molecule has 4 heteroatoms. The number of phenolic OH excluding ortho intramolecular Hbond substituents is 1. The van der Waals surface area contributed by atoms with Gasteiger partial charge in [0.15, 0.2) is 0 Å². The van der Waals surface area contributed by atoms with Gasteiger partial charge in [-0.2, -0.15) is 0 Å². The van der Waals surface area contributed by atoms with Crippen molar-refractivity contribution in [3.63, 3.8) is 0 Å². The lowest BCUT2D eigenvalue weighted by Crippen LogP contribution is -1.90. The van der Waals surface area contributed by atoms with Crippen molar-refractivity contribution in [1.82, 2.24) is 0 Å². The first kappa shape index (κ1) is 13.4. The summed E-state index contributed by atoms with van der Waals surface area (Å²) in [7, 11) is 0. The summed E-state index contributed by atoms with van der Waals surface area (Å²) < 4.78 is 0. The van der Waals surface area contributed by atoms with Gasteiger partial charge in [0, 0.05) is 11.5 Å². The molecule has 0 spiro atoms. The molecule has 0 aromatic heterocycles. The molecule has 0 atom stereocenters. The van der Waals surface area contributed by atoms with Gasteiger partial charge in [-0.1, -0.05) is 36.7 Å². The number of hydrogen-bond donors (Lipinski definition) is 2. The second-order valence-corrected chi connectivity index (χ2v) is 4.57. The zero-order chi connectivity index (χ0) is 14.0. The van der Waals surface area contributed by atoms with Gasteiger partial charge in [-0.25, -0.2) is 4.79 Å². The van der Waals surface area contributed by atoms with Crippen LogP contribution in [0.5, 0.6) is 5.75 Å². The fraction of sp³-hybridized carbons (Fsp3) is 0.133. The number of fused-ring (bicyclic) bond motifs is 1. The van der Waals surface area contributed by atoms with Crippen LogP contribution < -0.4 is 0 Å². The summed E-state index contributed by atoms with van der Waals surface area (Å²) in [5, 5.41) is 20.5. The van der Waals surface area contributed by atoms with E-state index in [1.807, 2.05) is 25.1 Å². The van der Waals surface area contributed by atoms with Gasteiger partial charge >= 0.3 is 5.97 Å². The summed E-state index contributed by atoms with van der Waals surface area (Å²) in [5.74, 6) is -0.981. The van der Waals surface area contributed by atoms with Crippen molar-refractivity contribution in [2.45, 2.75) is 13.3 Å². The minimum atomic E-state index is -1.02. The Kier molecular flexibility index (Phi) is 3.76. The van der Waals surface area contributed by atoms with E-state index in [9.17, 15) is 9.90 Å². The molecule has 2 rings (SSSR count). The van der Waals surface area contributed by atoms with E-state index in [0.717, 1.165) is 23.4 Å². The maximum Gasteiger partial charge on any atom is 0.328 e. The molecule has 98 valence electrons. The summed E-state index contributed by atoms with van der Waals surface area (Å²) in [5.41, 5.74) is 1.65. The van der Waals surface area contributed by atoms with Gasteiger partial charge in [-0.3, -0.25) is 0 Å². The second-order valence-electron chi connectivity index (χ2n) is 4.16. The number of hydrogen-bond acceptors (Lipinski definition) is 2. The van der Waals surface area contributed by atoms with Gasteiger partial charge in [0.2, 0.25) is 0 Å². The second kappa shape index (κ2) is 5.33. The smallest absolute Gasteiger partial charge is 0.328 e. The van der Waals surface area contributed by atoms with E-state index < -0.39 is 5.97 Å². The van der Waals surface area contributed by atoms with E-state index >= 15 is 0 Å². The van der Waals surface area contributed by atoms with Crippen LogP contribution in [0.4, 0.5) is 0 Å². The van der Waals surface area contributed by atoms with Crippen LogP contribution in [-0.4, -0.2) is 16.2 Å². The molecule has 0 aliphatic carbocycles. The maximum absolute atomic E-state index is 10.6. The normalized spacial score (nSPS) is 11.3. The Morgan fingerprint density at radius 3 is 2.79 bits per heavy atom. The minimum Gasteiger partial charge on any atom is -0.506 e. The van der Waals surface area contributed by atoms with Crippen LogP contribution >= 0.6 is 11.6 Å². The molecule has 0 heterocycles. The Morgan fingerprint density at radius 1 is 1.42 bits per heavy atom. The highest BCUT2D eigenvalue weighted by Gasteiger charge is 2.11. The van der Waals surface area contributed by atoms with Crippen molar-refractivity contribution in [2.75, 3.05) is 0 Å². The molecule has 0 saturated heterocycles. The number of aryl methyl sites for hydroxylation is 1. The van der Waals surface area contributed by atoms with E-state index in [-0.39, 0.29) is 10.8 Å². The Labute approximate surface area is 115 Å². The molecule has 0 fully saturated rings. The third-order valence-corrected chi connectivity index (χ3v) is 3.28. The zero-order valence-electron chi connectivity index (χ0n) is 10.4. The first-order valence-corrected chi connectivity index (χ1v) is 6.26. The van der Waals surface area contributed by atoms with Crippen molar-refractivity contribution >= 4 is 34.4 Å². The van der Waals surface area contributed by atoms with E-state index in [1.165, 1.54) is 6.08 Å². The molecule has 0 amide bonds. The van der Waals surface area contributed by atoms with Crippen LogP contribution in [0.25, 0.3) is 16.8 Å². The van der Waals surface area contributed by atoms with Crippen LogP contribution in [0.3, 0.4) is 0 Å². The monoisotopic (exact) mass is 276 g/mol. The summed E-state index contributed by atoms with van der Waals surface area (Å²) in [4.78, 5) is 10.6. The Morgan fingerprint density at radius 2 is 2.16 bits per heavy atom. The quantitative estimate of drug-likeness (QED) is 0.837. The van der Waals surface area contributed by atoms with Crippen LogP contribution in [0, 0.1) is 0 Å². The number of carboxylic acids is 1. The van der Waals surface area contributed by atoms with E-state index in [1.54, 1.807) is 6.07 Å². The number of phenols is 1. The average Bonchev–Trinajstić information content (AvgIpc) is 2.40. The fourth-order valence-corrected chi connectivity index (χ4v) is 2.33. The van der Waals surface area contributed by atoms with E-state index in [4.69, 9.17) is 16.7 Å². The summed E-state index contributed by atoms with van der Waals surface area (Å²) in [6.07, 6.45) is 3.30. The standard InChI is InChI=1S/C15H13ClO3/c1-2-9-4-3-5-11-10(6-7-13(17)18)8-12(16)15(19)14(9)11/h3-8,19H,2H2,1H3,(H,17,18)/b7-6+. The van der Waals surface area contributed by atoms with Crippen molar-refractivity contribution in [3.05, 3.63) is 46.5 Å². The minimum absolute atomic E-state index is 0.0431. The number of carbonyl (C=O) groups is 1. The SMILES string of the molecule is CCc1cccc2c(/C=C/C(=O)O)cc(Cl)c(O)c12. The maximum atomic E-state index is 10.6. The predicted octanol–water partition coefficient (Wildman–Crippen LogP) is 3.86. The highest BCUT2D eigenvalue weighted by Crippen LogP contribution is 2.37. The molecule has 0 unspecified atom stereocenters. The van der Waals surface area contributed by atoms with Gasteiger partial charge < -0.3 is 10.2 Å². The third kappa shape index (κ3) is 2.56. The first-order valence-electron chi connectivity index (χ1n) is 5.88. The first-order chi connectivity index (χ1) is 9.04. The molecule has 0 aliphatic rings. The lowest BCUT2D eigenvalue weighted by molar-refractivity contribution is -0.131. The number of aromatic hydroxyl groups is 1. The Balaban J connectivity index is 2.80. The van der Waals surface area contributed by atoms with Crippen molar-refractivity contribution in [2.24, 2.45) is 0 Å². The highest BCUT2D eigenvalue weighted by molar-refractivity contribution is 6.33. The lowest BCUT2D eigenvalue weighted by atomic mass is 9.97. The van der Waals surface area contributed by atoms with Gasteiger partial charge in [0.1, 0.15) is 5.75 Å². The van der Waals surface area contributed by atoms with Crippen molar-refractivity contribution in [3.8, 4) is 5.75 Å². The van der Waals surface area contributed by atoms with E-state index in [2.05, 4.69) is 0 Å². The number of rotatable bonds is 3. The zero-order valence-corrected chi connectivity index (χ0v) is 11.1. The Bertz CT molecular complexity index is 675. The van der Waals surface area contributed by atoms with Gasteiger partial charge in [0.05, 0.1) is 5.02 Å². The summed E-state index contributed by atoms with van der Waals surface area (Å²) >= 11 is 6.01. The molecule has 2 N–H and O–H groups in total. The topological polar surface area (TPSA) is 57.5 Å². The Hall–Kier alpha value is -2.00. The highest BCUT2D eigenvalue weighted by atomic mass is 35.5. The molecule has 2 aromatic rings. The molecule has 3 nitrogen and oxygen atoms in total. The number of aliphatic carboxylic acids is 1. The van der Waals surface area contributed by atoms with Gasteiger partial charge in [-0.15, -0.1) is 0 Å². The number of halogens is 1.